The van der Waals surface area contributed by atoms with Crippen LogP contribution in [0.3, 0.4) is 0 Å². The SMILES string of the molecule is Cc1ccc(NC(=O)c2ccc(C3CCCCN(C)C3)cc2)cc1Nc1nccc(-c2cncc(-c3ccn(C)n3)c2)n1. The Hall–Kier alpha value is -4.89. The smallest absolute Gasteiger partial charge is 0.255 e. The standard InChI is InChI=1S/C34H36N8O/c1-23-7-12-29(37-33(43)25-10-8-24(9-11-25)26-6-4-5-16-41(2)22-26)19-32(23)39-34-36-15-13-30(38-34)27-18-28(21-35-20-27)31-14-17-42(3)40-31/h7-15,17-21,26H,4-6,16,22H2,1-3H3,(H,37,43)(H,36,38,39). The van der Waals surface area contributed by atoms with E-state index < -0.39 is 0 Å². The van der Waals surface area contributed by atoms with Gasteiger partial charge < -0.3 is 15.5 Å². The van der Waals surface area contributed by atoms with Gasteiger partial charge >= 0.3 is 0 Å². The average molecular weight is 573 g/mol. The highest BCUT2D eigenvalue weighted by Crippen LogP contribution is 2.28. The highest BCUT2D eigenvalue weighted by Gasteiger charge is 2.18. The van der Waals surface area contributed by atoms with Crippen LogP contribution in [0.5, 0.6) is 0 Å². The van der Waals surface area contributed by atoms with E-state index in [0.717, 1.165) is 46.9 Å². The van der Waals surface area contributed by atoms with Crippen molar-refractivity contribution in [3.05, 3.63) is 102 Å². The summed E-state index contributed by atoms with van der Waals surface area (Å²) in [5, 5.41) is 10.8. The predicted molar refractivity (Wildman–Crippen MR) is 170 cm³/mol. The molecule has 1 aliphatic heterocycles. The molecule has 43 heavy (non-hydrogen) atoms. The van der Waals surface area contributed by atoms with Gasteiger partial charge in [-0.3, -0.25) is 14.5 Å². The molecule has 1 unspecified atom stereocenters. The van der Waals surface area contributed by atoms with Gasteiger partial charge in [0.05, 0.1) is 11.4 Å². The Morgan fingerprint density at radius 2 is 1.74 bits per heavy atom. The molecule has 0 saturated carbocycles. The van der Waals surface area contributed by atoms with Crippen molar-refractivity contribution < 1.29 is 4.79 Å². The van der Waals surface area contributed by atoms with Crippen molar-refractivity contribution in [2.75, 3.05) is 30.8 Å². The van der Waals surface area contributed by atoms with Gasteiger partial charge in [-0.15, -0.1) is 0 Å². The Balaban J connectivity index is 1.15. The summed E-state index contributed by atoms with van der Waals surface area (Å²) in [6, 6.07) is 19.7. The number of rotatable bonds is 7. The minimum atomic E-state index is -0.141. The van der Waals surface area contributed by atoms with Crippen LogP contribution in [0.4, 0.5) is 17.3 Å². The molecular weight excluding hydrogens is 536 g/mol. The van der Waals surface area contributed by atoms with Crippen molar-refractivity contribution in [2.24, 2.45) is 7.05 Å². The third-order valence-corrected chi connectivity index (χ3v) is 7.96. The van der Waals surface area contributed by atoms with Crippen LogP contribution in [-0.2, 0) is 7.05 Å². The first kappa shape index (κ1) is 28.2. The van der Waals surface area contributed by atoms with Gasteiger partial charge in [0, 0.05) is 66.4 Å². The van der Waals surface area contributed by atoms with Crippen LogP contribution in [0.15, 0.2) is 85.5 Å². The highest BCUT2D eigenvalue weighted by atomic mass is 16.1. The molecule has 5 aromatic rings. The Morgan fingerprint density at radius 1 is 0.930 bits per heavy atom. The van der Waals surface area contributed by atoms with Crippen molar-refractivity contribution in [1.29, 1.82) is 0 Å². The second kappa shape index (κ2) is 12.5. The van der Waals surface area contributed by atoms with E-state index in [1.807, 2.05) is 68.7 Å². The second-order valence-electron chi connectivity index (χ2n) is 11.3. The van der Waals surface area contributed by atoms with Crippen molar-refractivity contribution >= 4 is 23.2 Å². The van der Waals surface area contributed by atoms with Crippen LogP contribution in [0.25, 0.3) is 22.5 Å². The van der Waals surface area contributed by atoms with Gasteiger partial charge in [-0.25, -0.2) is 9.97 Å². The fraction of sp³-hybridized carbons (Fsp3) is 0.265. The summed E-state index contributed by atoms with van der Waals surface area (Å²) in [6.07, 6.45) is 10.9. The molecule has 1 aliphatic rings. The summed E-state index contributed by atoms with van der Waals surface area (Å²) in [6.45, 7) is 4.22. The molecule has 1 saturated heterocycles. The summed E-state index contributed by atoms with van der Waals surface area (Å²) >= 11 is 0. The van der Waals surface area contributed by atoms with E-state index in [9.17, 15) is 4.79 Å². The van der Waals surface area contributed by atoms with Gasteiger partial charge in [-0.05, 0) is 92.9 Å². The molecule has 6 rings (SSSR count). The lowest BCUT2D eigenvalue weighted by Crippen LogP contribution is -2.23. The predicted octanol–water partition coefficient (Wildman–Crippen LogP) is 6.44. The first-order valence-electron chi connectivity index (χ1n) is 14.7. The van der Waals surface area contributed by atoms with Crippen molar-refractivity contribution in [2.45, 2.75) is 32.1 Å². The van der Waals surface area contributed by atoms with Gasteiger partial charge in [0.1, 0.15) is 0 Å². The topological polar surface area (TPSA) is 101 Å². The molecular formula is C34H36N8O. The molecule has 2 N–H and O–H groups in total. The van der Waals surface area contributed by atoms with Gasteiger partial charge in [0.25, 0.3) is 5.91 Å². The molecule has 218 valence electrons. The minimum absolute atomic E-state index is 0.141. The van der Waals surface area contributed by atoms with Gasteiger partial charge in [-0.2, -0.15) is 5.10 Å². The normalized spacial score (nSPS) is 15.6. The fourth-order valence-corrected chi connectivity index (χ4v) is 5.54. The molecule has 9 heteroatoms. The number of likely N-dealkylation sites (N-methyl/N-ethyl adjacent to an activating group) is 1. The maximum atomic E-state index is 13.1. The third kappa shape index (κ3) is 6.79. The third-order valence-electron chi connectivity index (χ3n) is 7.96. The number of aryl methyl sites for hydroxylation is 2. The lowest BCUT2D eigenvalue weighted by atomic mass is 9.93. The van der Waals surface area contributed by atoms with E-state index in [0.29, 0.717) is 23.1 Å². The number of carbonyl (C=O) groups excluding carboxylic acids is 1. The van der Waals surface area contributed by atoms with E-state index in [-0.39, 0.29) is 5.91 Å². The highest BCUT2D eigenvalue weighted by molar-refractivity contribution is 6.04. The summed E-state index contributed by atoms with van der Waals surface area (Å²) in [5.41, 5.74) is 7.81. The Morgan fingerprint density at radius 3 is 2.53 bits per heavy atom. The zero-order valence-corrected chi connectivity index (χ0v) is 24.8. The Labute approximate surface area is 252 Å². The number of amides is 1. The average Bonchev–Trinajstić information content (AvgIpc) is 3.34. The number of hydrogen-bond donors (Lipinski definition) is 2. The largest absolute Gasteiger partial charge is 0.324 e. The molecule has 2 aromatic carbocycles. The zero-order chi connectivity index (χ0) is 29.8. The lowest BCUT2D eigenvalue weighted by molar-refractivity contribution is 0.102. The molecule has 1 atom stereocenters. The first-order chi connectivity index (χ1) is 20.9. The van der Waals surface area contributed by atoms with Crippen LogP contribution in [0.1, 0.15) is 46.7 Å². The number of benzene rings is 2. The van der Waals surface area contributed by atoms with Crippen LogP contribution in [0.2, 0.25) is 0 Å². The monoisotopic (exact) mass is 572 g/mol. The van der Waals surface area contributed by atoms with Crippen LogP contribution < -0.4 is 10.6 Å². The molecule has 0 aliphatic carbocycles. The summed E-state index contributed by atoms with van der Waals surface area (Å²) < 4.78 is 1.77. The number of likely N-dealkylation sites (tertiary alicyclic amines) is 1. The summed E-state index contributed by atoms with van der Waals surface area (Å²) in [4.78, 5) is 29.1. The minimum Gasteiger partial charge on any atom is -0.324 e. The number of nitrogens with one attached hydrogen (secondary N) is 2. The number of hydrogen-bond acceptors (Lipinski definition) is 7. The van der Waals surface area contributed by atoms with E-state index in [4.69, 9.17) is 4.98 Å². The van der Waals surface area contributed by atoms with Gasteiger partial charge in [0.2, 0.25) is 5.95 Å². The Bertz CT molecular complexity index is 1730. The number of nitrogens with zero attached hydrogens (tertiary/aromatic N) is 6. The molecule has 3 aromatic heterocycles. The lowest BCUT2D eigenvalue weighted by Gasteiger charge is -2.20. The molecule has 9 nitrogen and oxygen atoms in total. The van der Waals surface area contributed by atoms with Crippen molar-refractivity contribution in [1.82, 2.24) is 29.6 Å². The van der Waals surface area contributed by atoms with E-state index in [1.165, 1.54) is 24.8 Å². The number of aromatic nitrogens is 5. The molecule has 1 amide bonds. The van der Waals surface area contributed by atoms with Crippen LogP contribution >= 0.6 is 0 Å². The summed E-state index contributed by atoms with van der Waals surface area (Å²) in [5.74, 6) is 0.821. The quantitative estimate of drug-likeness (QED) is 0.231. The fourth-order valence-electron chi connectivity index (χ4n) is 5.54. The molecule has 1 fully saturated rings. The molecule has 4 heterocycles. The number of anilines is 3. The maximum absolute atomic E-state index is 13.1. The van der Waals surface area contributed by atoms with Crippen molar-refractivity contribution in [3.8, 4) is 22.5 Å². The molecule has 0 spiro atoms. The van der Waals surface area contributed by atoms with Gasteiger partial charge in [0.15, 0.2) is 0 Å². The number of carbonyl (C=O) groups is 1. The molecule has 0 radical (unpaired) electrons. The maximum Gasteiger partial charge on any atom is 0.255 e. The van der Waals surface area contributed by atoms with Crippen LogP contribution in [0, 0.1) is 6.92 Å². The number of pyridine rings is 1. The summed E-state index contributed by atoms with van der Waals surface area (Å²) in [7, 11) is 4.08. The first-order valence-corrected chi connectivity index (χ1v) is 14.7. The van der Waals surface area contributed by atoms with E-state index in [1.54, 1.807) is 23.3 Å². The van der Waals surface area contributed by atoms with Gasteiger partial charge in [-0.1, -0.05) is 24.6 Å². The molecule has 0 bridgehead atoms. The zero-order valence-electron chi connectivity index (χ0n) is 24.8. The Kier molecular flexibility index (Phi) is 8.24. The van der Waals surface area contributed by atoms with E-state index in [2.05, 4.69) is 49.8 Å². The van der Waals surface area contributed by atoms with E-state index >= 15 is 0 Å². The second-order valence-corrected chi connectivity index (χ2v) is 11.3. The van der Waals surface area contributed by atoms with Crippen molar-refractivity contribution in [3.63, 3.8) is 0 Å². The van der Waals surface area contributed by atoms with Crippen LogP contribution in [-0.4, -0.2) is 55.7 Å².